The smallest absolute Gasteiger partial charge is 0.212 e. The maximum Gasteiger partial charge on any atom is 0.217 e. The molecule has 1 aliphatic carbocycles. The fourth-order valence-corrected chi connectivity index (χ4v) is 4.03. The van der Waals surface area contributed by atoms with Gasteiger partial charge in [-0.3, -0.25) is 0 Å². The van der Waals surface area contributed by atoms with Gasteiger partial charge in [0.2, 0.25) is 10.0 Å². The van der Waals surface area contributed by atoms with Gasteiger partial charge in [-0.1, -0.05) is 12.8 Å². The average Bonchev–Trinajstić information content (AvgIpc) is 2.68. The molecule has 0 spiro atoms. The molecule has 84 valence electrons. The molecule has 0 aromatic rings. The first-order valence-electron chi connectivity index (χ1n) is 5.03. The first kappa shape index (κ1) is 12.3. The number of alkyl halides is 1. The van der Waals surface area contributed by atoms with E-state index >= 15 is 0 Å². The van der Waals surface area contributed by atoms with Gasteiger partial charge in [-0.25, -0.2) is 12.7 Å². The molecule has 1 unspecified atom stereocenters. The summed E-state index contributed by atoms with van der Waals surface area (Å²) in [7, 11) is -1.48. The predicted molar refractivity (Wildman–Crippen MR) is 59.1 cm³/mol. The molecule has 0 amide bonds. The molecular formula is C9H18ClNO2S. The quantitative estimate of drug-likeness (QED) is 0.702. The lowest BCUT2D eigenvalue weighted by atomic mass is 10.4. The Labute approximate surface area is 91.5 Å². The van der Waals surface area contributed by atoms with Crippen molar-refractivity contribution in [1.82, 2.24) is 4.31 Å². The van der Waals surface area contributed by atoms with Gasteiger partial charge in [0.15, 0.2) is 0 Å². The molecule has 14 heavy (non-hydrogen) atoms. The maximum absolute atomic E-state index is 12.0. The highest BCUT2D eigenvalue weighted by molar-refractivity contribution is 7.89. The van der Waals surface area contributed by atoms with Gasteiger partial charge in [0.25, 0.3) is 0 Å². The van der Waals surface area contributed by atoms with E-state index in [2.05, 4.69) is 0 Å². The summed E-state index contributed by atoms with van der Waals surface area (Å²) in [6, 6.07) is -0.109. The van der Waals surface area contributed by atoms with Crippen LogP contribution in [0.4, 0.5) is 0 Å². The third kappa shape index (κ3) is 2.41. The van der Waals surface area contributed by atoms with Crippen molar-refractivity contribution in [3.05, 3.63) is 0 Å². The summed E-state index contributed by atoms with van der Waals surface area (Å²) in [5.41, 5.74) is 0. The molecule has 0 aromatic heterocycles. The van der Waals surface area contributed by atoms with Crippen LogP contribution >= 0.6 is 11.6 Å². The Morgan fingerprint density at radius 1 is 1.43 bits per heavy atom. The predicted octanol–water partition coefficient (Wildman–Crippen LogP) is 1.82. The van der Waals surface area contributed by atoms with Crippen LogP contribution in [0, 0.1) is 0 Å². The van der Waals surface area contributed by atoms with Crippen LogP contribution in [0.2, 0.25) is 0 Å². The van der Waals surface area contributed by atoms with Crippen LogP contribution in [0.1, 0.15) is 32.6 Å². The lowest BCUT2D eigenvalue weighted by molar-refractivity contribution is 0.405. The Morgan fingerprint density at radius 2 is 1.93 bits per heavy atom. The van der Waals surface area contributed by atoms with Gasteiger partial charge in [0.05, 0.1) is 5.25 Å². The largest absolute Gasteiger partial charge is 0.217 e. The molecule has 1 saturated carbocycles. The summed E-state index contributed by atoms with van der Waals surface area (Å²) >= 11 is 5.65. The lowest BCUT2D eigenvalue weighted by Gasteiger charge is -2.25. The zero-order valence-electron chi connectivity index (χ0n) is 8.74. The first-order chi connectivity index (χ1) is 6.50. The molecule has 0 aliphatic heterocycles. The second-order valence-electron chi connectivity index (χ2n) is 3.97. The van der Waals surface area contributed by atoms with E-state index in [0.29, 0.717) is 5.88 Å². The highest BCUT2D eigenvalue weighted by atomic mass is 35.5. The molecule has 0 aromatic carbocycles. The van der Waals surface area contributed by atoms with Crippen molar-refractivity contribution in [2.75, 3.05) is 12.9 Å². The van der Waals surface area contributed by atoms with Crippen molar-refractivity contribution in [2.45, 2.75) is 43.9 Å². The molecular weight excluding hydrogens is 222 g/mol. The van der Waals surface area contributed by atoms with Crippen LogP contribution in [0.3, 0.4) is 0 Å². The van der Waals surface area contributed by atoms with Crippen molar-refractivity contribution >= 4 is 21.6 Å². The number of hydrogen-bond acceptors (Lipinski definition) is 2. The summed E-state index contributed by atoms with van der Waals surface area (Å²) in [6.45, 7) is 1.83. The van der Waals surface area contributed by atoms with Crippen LogP contribution < -0.4 is 0 Å². The highest BCUT2D eigenvalue weighted by Gasteiger charge is 2.33. The molecule has 1 fully saturated rings. The summed E-state index contributed by atoms with van der Waals surface area (Å²) in [6.07, 6.45) is 3.68. The first-order valence-corrected chi connectivity index (χ1v) is 7.06. The van der Waals surface area contributed by atoms with Gasteiger partial charge >= 0.3 is 0 Å². The van der Waals surface area contributed by atoms with E-state index in [1.165, 1.54) is 4.31 Å². The van der Waals surface area contributed by atoms with E-state index in [9.17, 15) is 8.42 Å². The summed E-state index contributed by atoms with van der Waals surface area (Å²) < 4.78 is 25.4. The maximum atomic E-state index is 12.0. The molecule has 0 N–H and O–H groups in total. The van der Waals surface area contributed by atoms with Crippen molar-refractivity contribution < 1.29 is 8.42 Å². The molecule has 1 atom stereocenters. The molecule has 0 radical (unpaired) electrons. The Balaban J connectivity index is 2.73. The highest BCUT2D eigenvalue weighted by Crippen LogP contribution is 2.27. The summed E-state index contributed by atoms with van der Waals surface area (Å²) in [4.78, 5) is 0. The topological polar surface area (TPSA) is 37.4 Å². The fraction of sp³-hybridized carbons (Fsp3) is 1.00. The van der Waals surface area contributed by atoms with Gasteiger partial charge in [0.1, 0.15) is 0 Å². The van der Waals surface area contributed by atoms with E-state index in [-0.39, 0.29) is 11.3 Å². The zero-order chi connectivity index (χ0) is 10.8. The minimum atomic E-state index is -3.10. The Morgan fingerprint density at radius 3 is 2.36 bits per heavy atom. The van der Waals surface area contributed by atoms with Gasteiger partial charge < -0.3 is 0 Å². The molecule has 0 bridgehead atoms. The third-order valence-corrected chi connectivity index (χ3v) is 5.89. The number of hydrogen-bond donors (Lipinski definition) is 0. The lowest BCUT2D eigenvalue weighted by Crippen LogP contribution is -2.41. The monoisotopic (exact) mass is 239 g/mol. The fourth-order valence-electron chi connectivity index (χ4n) is 1.77. The number of halogens is 1. The Kier molecular flexibility index (Phi) is 4.22. The van der Waals surface area contributed by atoms with Crippen molar-refractivity contribution in [3.8, 4) is 0 Å². The van der Waals surface area contributed by atoms with E-state index in [1.807, 2.05) is 6.92 Å². The van der Waals surface area contributed by atoms with Crippen LogP contribution in [0.5, 0.6) is 0 Å². The van der Waals surface area contributed by atoms with Crippen LogP contribution in [0.25, 0.3) is 0 Å². The molecule has 3 nitrogen and oxygen atoms in total. The van der Waals surface area contributed by atoms with E-state index in [0.717, 1.165) is 25.7 Å². The standard InChI is InChI=1S/C9H18ClNO2S/c1-8(7-10)11(2)14(12,13)9-5-3-4-6-9/h8-9H,3-7H2,1-2H3. The molecule has 5 heteroatoms. The number of rotatable bonds is 4. The van der Waals surface area contributed by atoms with Crippen LogP contribution in [-0.4, -0.2) is 36.9 Å². The number of sulfonamides is 1. The van der Waals surface area contributed by atoms with E-state index < -0.39 is 10.0 Å². The van der Waals surface area contributed by atoms with Gasteiger partial charge in [-0.05, 0) is 19.8 Å². The van der Waals surface area contributed by atoms with Crippen molar-refractivity contribution in [1.29, 1.82) is 0 Å². The third-order valence-electron chi connectivity index (χ3n) is 2.97. The van der Waals surface area contributed by atoms with Crippen molar-refractivity contribution in [3.63, 3.8) is 0 Å². The minimum Gasteiger partial charge on any atom is -0.212 e. The van der Waals surface area contributed by atoms with Gasteiger partial charge in [-0.15, -0.1) is 11.6 Å². The average molecular weight is 240 g/mol. The molecule has 1 aliphatic rings. The zero-order valence-corrected chi connectivity index (χ0v) is 10.3. The normalized spacial score (nSPS) is 21.7. The Bertz CT molecular complexity index is 273. The molecule has 0 heterocycles. The second kappa shape index (κ2) is 4.81. The van der Waals surface area contributed by atoms with Gasteiger partial charge in [-0.2, -0.15) is 0 Å². The Hall–Kier alpha value is 0.200. The van der Waals surface area contributed by atoms with Crippen LogP contribution in [0.15, 0.2) is 0 Å². The molecule has 0 saturated heterocycles. The molecule has 1 rings (SSSR count). The summed E-state index contributed by atoms with van der Waals surface area (Å²) in [5.74, 6) is 0.350. The van der Waals surface area contributed by atoms with E-state index in [4.69, 9.17) is 11.6 Å². The van der Waals surface area contributed by atoms with Gasteiger partial charge in [0, 0.05) is 19.0 Å². The number of nitrogens with zero attached hydrogens (tertiary/aromatic N) is 1. The van der Waals surface area contributed by atoms with Crippen molar-refractivity contribution in [2.24, 2.45) is 0 Å². The second-order valence-corrected chi connectivity index (χ2v) is 6.55. The minimum absolute atomic E-state index is 0.109. The van der Waals surface area contributed by atoms with E-state index in [1.54, 1.807) is 7.05 Å². The van der Waals surface area contributed by atoms with Crippen LogP contribution in [-0.2, 0) is 10.0 Å². The SMILES string of the molecule is CC(CCl)N(C)S(=O)(=O)C1CCCC1. The summed E-state index contributed by atoms with van der Waals surface area (Å²) in [5, 5.41) is -0.168.